The van der Waals surface area contributed by atoms with E-state index < -0.39 is 0 Å². The van der Waals surface area contributed by atoms with Gasteiger partial charge in [0.25, 0.3) is 0 Å². The largest absolute Gasteiger partial charge is 0.218 e. The molecule has 2 aromatic heterocycles. The number of rotatable bonds is 8. The van der Waals surface area contributed by atoms with Crippen LogP contribution in [0.15, 0.2) is 0 Å². The predicted molar refractivity (Wildman–Crippen MR) is 89.2 cm³/mol. The second-order valence-electron chi connectivity index (χ2n) is 5.44. The molecule has 0 bridgehead atoms. The van der Waals surface area contributed by atoms with E-state index in [1.54, 1.807) is 0 Å². The van der Waals surface area contributed by atoms with Crippen LogP contribution in [0.1, 0.15) is 69.1 Å². The molecule has 23 heavy (non-hydrogen) atoms. The molecule has 0 aliphatic carbocycles. The molecule has 2 rings (SSSR count). The highest BCUT2D eigenvalue weighted by Crippen LogP contribution is 2.06. The van der Waals surface area contributed by atoms with Gasteiger partial charge in [-0.15, -0.1) is 0 Å². The molecule has 6 heteroatoms. The Balaban J connectivity index is 2.02. The lowest BCUT2D eigenvalue weighted by molar-refractivity contribution is 0.683. The van der Waals surface area contributed by atoms with Gasteiger partial charge in [-0.1, -0.05) is 27.7 Å². The quantitative estimate of drug-likeness (QED) is 0.745. The van der Waals surface area contributed by atoms with E-state index in [0.29, 0.717) is 0 Å². The predicted octanol–water partition coefficient (Wildman–Crippen LogP) is 2.48. The van der Waals surface area contributed by atoms with Crippen molar-refractivity contribution in [3.63, 3.8) is 0 Å². The molecule has 6 nitrogen and oxygen atoms in total. The smallest absolute Gasteiger partial charge is 0.132 e. The van der Waals surface area contributed by atoms with Crippen molar-refractivity contribution in [2.24, 2.45) is 0 Å². The van der Waals surface area contributed by atoms with Gasteiger partial charge in [0.15, 0.2) is 0 Å². The first-order valence-electron chi connectivity index (χ1n) is 8.63. The Hall–Kier alpha value is -1.98. The third-order valence-corrected chi connectivity index (χ3v) is 3.61. The third-order valence-electron chi connectivity index (χ3n) is 3.61. The fourth-order valence-corrected chi connectivity index (χ4v) is 2.30. The second kappa shape index (κ2) is 8.60. The average molecular weight is 314 g/mol. The molecule has 0 aliphatic heterocycles. The van der Waals surface area contributed by atoms with Crippen LogP contribution in [-0.2, 0) is 38.5 Å². The van der Waals surface area contributed by atoms with Crippen molar-refractivity contribution in [1.29, 1.82) is 0 Å². The van der Waals surface area contributed by atoms with E-state index in [0.717, 1.165) is 79.9 Å². The zero-order valence-corrected chi connectivity index (χ0v) is 14.6. The maximum atomic E-state index is 4.52. The molecule has 0 saturated carbocycles. The van der Waals surface area contributed by atoms with Crippen LogP contribution in [0.4, 0.5) is 0 Å². The molecule has 0 atom stereocenters. The van der Waals surface area contributed by atoms with Crippen LogP contribution in [0, 0.1) is 0 Å². The van der Waals surface area contributed by atoms with E-state index in [4.69, 9.17) is 0 Å². The van der Waals surface area contributed by atoms with E-state index in [-0.39, 0.29) is 0 Å². The van der Waals surface area contributed by atoms with Crippen molar-refractivity contribution in [3.05, 3.63) is 34.9 Å². The van der Waals surface area contributed by atoms with Gasteiger partial charge in [0, 0.05) is 38.5 Å². The fraction of sp³-hybridized carbons (Fsp3) is 0.647. The van der Waals surface area contributed by atoms with Gasteiger partial charge in [-0.25, -0.2) is 29.9 Å². The monoisotopic (exact) mass is 314 g/mol. The average Bonchev–Trinajstić information content (AvgIpc) is 2.60. The number of hydrogen-bond acceptors (Lipinski definition) is 6. The molecular weight excluding hydrogens is 288 g/mol. The van der Waals surface area contributed by atoms with Gasteiger partial charge in [-0.2, -0.15) is 0 Å². The first-order valence-corrected chi connectivity index (χ1v) is 8.63. The molecule has 0 amide bonds. The topological polar surface area (TPSA) is 77.3 Å². The summed E-state index contributed by atoms with van der Waals surface area (Å²) in [5, 5.41) is 0. The van der Waals surface area contributed by atoms with E-state index in [2.05, 4.69) is 57.6 Å². The minimum Gasteiger partial charge on any atom is -0.218 e. The Morgan fingerprint density at radius 3 is 0.957 bits per heavy atom. The highest BCUT2D eigenvalue weighted by molar-refractivity contribution is 5.00. The minimum atomic E-state index is 0.830. The SMILES string of the molecule is CCc1nc(CC)nc(CCCc2nc(CC)nc(CC)n2)n1. The van der Waals surface area contributed by atoms with Gasteiger partial charge < -0.3 is 0 Å². The lowest BCUT2D eigenvalue weighted by Gasteiger charge is -2.06. The van der Waals surface area contributed by atoms with E-state index in [1.807, 2.05) is 0 Å². The van der Waals surface area contributed by atoms with Gasteiger partial charge >= 0.3 is 0 Å². The summed E-state index contributed by atoms with van der Waals surface area (Å²) in [6.07, 6.45) is 5.97. The highest BCUT2D eigenvalue weighted by Gasteiger charge is 2.07. The normalized spacial score (nSPS) is 11.0. The molecule has 124 valence electrons. The molecule has 0 aromatic carbocycles. The van der Waals surface area contributed by atoms with Crippen molar-refractivity contribution in [3.8, 4) is 0 Å². The van der Waals surface area contributed by atoms with Crippen LogP contribution in [0.3, 0.4) is 0 Å². The Morgan fingerprint density at radius 1 is 0.435 bits per heavy atom. The molecule has 2 heterocycles. The molecule has 0 spiro atoms. The van der Waals surface area contributed by atoms with Crippen LogP contribution < -0.4 is 0 Å². The van der Waals surface area contributed by atoms with Gasteiger partial charge in [-0.3, -0.25) is 0 Å². The van der Waals surface area contributed by atoms with Crippen molar-refractivity contribution < 1.29 is 0 Å². The molecule has 0 N–H and O–H groups in total. The first kappa shape index (κ1) is 17.4. The Labute approximate surface area is 138 Å². The number of aromatic nitrogens is 6. The fourth-order valence-electron chi connectivity index (χ4n) is 2.30. The van der Waals surface area contributed by atoms with Crippen LogP contribution in [0.25, 0.3) is 0 Å². The van der Waals surface area contributed by atoms with Crippen LogP contribution in [-0.4, -0.2) is 29.9 Å². The summed E-state index contributed by atoms with van der Waals surface area (Å²) < 4.78 is 0. The standard InChI is InChI=1S/C17H26N6/c1-5-12-18-13(6-2)21-16(20-12)10-9-11-17-22-14(7-3)19-15(8-4)23-17/h5-11H2,1-4H3. The van der Waals surface area contributed by atoms with Crippen LogP contribution in [0.5, 0.6) is 0 Å². The van der Waals surface area contributed by atoms with Gasteiger partial charge in [0.1, 0.15) is 34.9 Å². The van der Waals surface area contributed by atoms with Crippen molar-refractivity contribution in [2.75, 3.05) is 0 Å². The van der Waals surface area contributed by atoms with Gasteiger partial charge in [-0.05, 0) is 6.42 Å². The van der Waals surface area contributed by atoms with E-state index in [9.17, 15) is 0 Å². The molecule has 0 aliphatic rings. The zero-order chi connectivity index (χ0) is 16.7. The number of hydrogen-bond donors (Lipinski definition) is 0. The Morgan fingerprint density at radius 2 is 0.696 bits per heavy atom. The molecule has 0 radical (unpaired) electrons. The first-order chi connectivity index (χ1) is 11.2. The summed E-state index contributed by atoms with van der Waals surface area (Å²) >= 11 is 0. The van der Waals surface area contributed by atoms with Crippen molar-refractivity contribution >= 4 is 0 Å². The third kappa shape index (κ3) is 5.01. The van der Waals surface area contributed by atoms with Gasteiger partial charge in [0.2, 0.25) is 0 Å². The van der Waals surface area contributed by atoms with Gasteiger partial charge in [0.05, 0.1) is 0 Å². The Kier molecular flexibility index (Phi) is 6.50. The lowest BCUT2D eigenvalue weighted by atomic mass is 10.2. The molecular formula is C17H26N6. The van der Waals surface area contributed by atoms with Crippen LogP contribution >= 0.6 is 0 Å². The summed E-state index contributed by atoms with van der Waals surface area (Å²) in [6, 6.07) is 0. The summed E-state index contributed by atoms with van der Waals surface area (Å²) in [6.45, 7) is 8.29. The minimum absolute atomic E-state index is 0.830. The summed E-state index contributed by atoms with van der Waals surface area (Å²) in [4.78, 5) is 26.9. The molecule has 0 saturated heterocycles. The number of nitrogens with zero attached hydrogens (tertiary/aromatic N) is 6. The lowest BCUT2D eigenvalue weighted by Crippen LogP contribution is -2.09. The van der Waals surface area contributed by atoms with E-state index in [1.165, 1.54) is 0 Å². The summed E-state index contributed by atoms with van der Waals surface area (Å²) in [5.41, 5.74) is 0. The highest BCUT2D eigenvalue weighted by atomic mass is 15.0. The summed E-state index contributed by atoms with van der Waals surface area (Å²) in [5.74, 6) is 5.30. The molecule has 0 unspecified atom stereocenters. The Bertz CT molecular complexity index is 541. The summed E-state index contributed by atoms with van der Waals surface area (Å²) in [7, 11) is 0. The number of aryl methyl sites for hydroxylation is 6. The van der Waals surface area contributed by atoms with E-state index >= 15 is 0 Å². The second-order valence-corrected chi connectivity index (χ2v) is 5.44. The van der Waals surface area contributed by atoms with Crippen LogP contribution in [0.2, 0.25) is 0 Å². The molecule has 0 fully saturated rings. The molecule has 2 aromatic rings. The maximum Gasteiger partial charge on any atom is 0.132 e. The van der Waals surface area contributed by atoms with Crippen molar-refractivity contribution in [1.82, 2.24) is 29.9 Å². The van der Waals surface area contributed by atoms with Crippen molar-refractivity contribution in [2.45, 2.75) is 72.6 Å². The zero-order valence-electron chi connectivity index (χ0n) is 14.6. The maximum absolute atomic E-state index is 4.52.